The van der Waals surface area contributed by atoms with Crippen LogP contribution in [0, 0.1) is 0 Å². The van der Waals surface area contributed by atoms with Crippen LogP contribution in [0.5, 0.6) is 5.75 Å². The summed E-state index contributed by atoms with van der Waals surface area (Å²) in [6.07, 6.45) is 5.77. The number of aromatic nitrogens is 4. The van der Waals surface area contributed by atoms with Crippen LogP contribution in [-0.2, 0) is 6.54 Å². The van der Waals surface area contributed by atoms with Crippen LogP contribution in [0.1, 0.15) is 30.1 Å². The van der Waals surface area contributed by atoms with Gasteiger partial charge in [-0.1, -0.05) is 18.2 Å². The number of hydrogen-bond donors (Lipinski definition) is 1. The van der Waals surface area contributed by atoms with Crippen molar-refractivity contribution in [1.29, 1.82) is 0 Å². The van der Waals surface area contributed by atoms with E-state index in [4.69, 9.17) is 0 Å². The van der Waals surface area contributed by atoms with Gasteiger partial charge in [-0.25, -0.2) is 4.98 Å². The molecule has 4 rings (SSSR count). The van der Waals surface area contributed by atoms with Crippen molar-refractivity contribution in [1.82, 2.24) is 19.6 Å². The van der Waals surface area contributed by atoms with Crippen LogP contribution in [0.15, 0.2) is 36.7 Å². The monoisotopic (exact) mass is 331 g/mol. The van der Waals surface area contributed by atoms with Crippen LogP contribution in [0.2, 0.25) is 0 Å². The first kappa shape index (κ1) is 14.8. The standard InChI is InChI=1S/C16H15F2N5O/c17-16(18)24-12-4-2-1-3-11(12)9-20-13-15-22-21-14(10-5-6-10)23(15)8-7-19-13/h1-4,7-8,10,16H,5-6,9H2,(H,19,20). The number of rotatable bonds is 6. The van der Waals surface area contributed by atoms with Gasteiger partial charge >= 0.3 is 6.61 Å². The first-order valence-electron chi connectivity index (χ1n) is 7.68. The van der Waals surface area contributed by atoms with E-state index in [1.807, 2.05) is 10.6 Å². The van der Waals surface area contributed by atoms with Crippen LogP contribution in [0.4, 0.5) is 14.6 Å². The number of anilines is 1. The lowest BCUT2D eigenvalue weighted by molar-refractivity contribution is -0.0504. The molecule has 2 aromatic heterocycles. The molecule has 1 fully saturated rings. The van der Waals surface area contributed by atoms with Crippen molar-refractivity contribution in [2.24, 2.45) is 0 Å². The Hall–Kier alpha value is -2.77. The predicted octanol–water partition coefficient (Wildman–Crippen LogP) is 3.22. The molecule has 8 heteroatoms. The van der Waals surface area contributed by atoms with Crippen molar-refractivity contribution in [2.75, 3.05) is 5.32 Å². The van der Waals surface area contributed by atoms with E-state index >= 15 is 0 Å². The van der Waals surface area contributed by atoms with Crippen molar-refractivity contribution >= 4 is 11.5 Å². The molecule has 0 atom stereocenters. The maximum absolute atomic E-state index is 12.5. The molecule has 0 saturated heterocycles. The topological polar surface area (TPSA) is 64.3 Å². The summed E-state index contributed by atoms with van der Waals surface area (Å²) in [5.74, 6) is 2.11. The van der Waals surface area contributed by atoms with Crippen molar-refractivity contribution in [3.05, 3.63) is 48.0 Å². The summed E-state index contributed by atoms with van der Waals surface area (Å²) < 4.78 is 31.4. The quantitative estimate of drug-likeness (QED) is 0.751. The summed E-state index contributed by atoms with van der Waals surface area (Å²) >= 11 is 0. The average Bonchev–Trinajstić information content (AvgIpc) is 3.32. The second kappa shape index (κ2) is 6.03. The Morgan fingerprint density at radius 3 is 2.88 bits per heavy atom. The Morgan fingerprint density at radius 2 is 2.08 bits per heavy atom. The van der Waals surface area contributed by atoms with E-state index in [-0.39, 0.29) is 5.75 Å². The van der Waals surface area contributed by atoms with E-state index in [0.717, 1.165) is 18.7 Å². The number of benzene rings is 1. The second-order valence-corrected chi connectivity index (χ2v) is 5.64. The van der Waals surface area contributed by atoms with E-state index in [2.05, 4.69) is 25.2 Å². The molecule has 24 heavy (non-hydrogen) atoms. The predicted molar refractivity (Wildman–Crippen MR) is 83.2 cm³/mol. The van der Waals surface area contributed by atoms with Gasteiger partial charge in [0.2, 0.25) is 5.65 Å². The number of halogens is 2. The van der Waals surface area contributed by atoms with Gasteiger partial charge in [0.05, 0.1) is 0 Å². The third-order valence-electron chi connectivity index (χ3n) is 3.93. The number of nitrogens with zero attached hydrogens (tertiary/aromatic N) is 4. The third-order valence-corrected chi connectivity index (χ3v) is 3.93. The summed E-state index contributed by atoms with van der Waals surface area (Å²) in [4.78, 5) is 4.28. The van der Waals surface area contributed by atoms with Crippen LogP contribution in [0.3, 0.4) is 0 Å². The number of nitrogens with one attached hydrogen (secondary N) is 1. The lowest BCUT2D eigenvalue weighted by atomic mass is 10.2. The Morgan fingerprint density at radius 1 is 1.25 bits per heavy atom. The number of para-hydroxylation sites is 1. The lowest BCUT2D eigenvalue weighted by Crippen LogP contribution is -2.08. The van der Waals surface area contributed by atoms with Gasteiger partial charge in [-0.15, -0.1) is 10.2 Å². The molecule has 1 aliphatic rings. The molecule has 0 radical (unpaired) electrons. The molecular formula is C16H15F2N5O. The van der Waals surface area contributed by atoms with Gasteiger partial charge in [0.15, 0.2) is 5.82 Å². The summed E-state index contributed by atoms with van der Waals surface area (Å²) in [7, 11) is 0. The number of ether oxygens (including phenoxy) is 1. The van der Waals surface area contributed by atoms with E-state index in [9.17, 15) is 8.78 Å². The molecule has 124 valence electrons. The highest BCUT2D eigenvalue weighted by Gasteiger charge is 2.29. The molecule has 3 aromatic rings. The minimum atomic E-state index is -2.86. The van der Waals surface area contributed by atoms with Crippen LogP contribution in [-0.4, -0.2) is 26.2 Å². The molecule has 1 aliphatic carbocycles. The van der Waals surface area contributed by atoms with Gasteiger partial charge in [0, 0.05) is 30.4 Å². The molecule has 0 unspecified atom stereocenters. The molecule has 0 aliphatic heterocycles. The number of fused-ring (bicyclic) bond motifs is 1. The van der Waals surface area contributed by atoms with Gasteiger partial charge in [0.1, 0.15) is 11.6 Å². The summed E-state index contributed by atoms with van der Waals surface area (Å²) in [6, 6.07) is 6.66. The number of hydrogen-bond acceptors (Lipinski definition) is 5. The Kier molecular flexibility index (Phi) is 3.72. The largest absolute Gasteiger partial charge is 0.434 e. The molecule has 0 amide bonds. The van der Waals surface area contributed by atoms with Gasteiger partial charge in [-0.3, -0.25) is 4.40 Å². The Labute approximate surface area is 136 Å². The van der Waals surface area contributed by atoms with Crippen LogP contribution >= 0.6 is 0 Å². The normalized spacial score (nSPS) is 14.3. The smallest absolute Gasteiger partial charge is 0.387 e. The highest BCUT2D eigenvalue weighted by atomic mass is 19.3. The van der Waals surface area contributed by atoms with Crippen LogP contribution < -0.4 is 10.1 Å². The zero-order chi connectivity index (χ0) is 16.5. The van der Waals surface area contributed by atoms with E-state index in [0.29, 0.717) is 29.5 Å². The van der Waals surface area contributed by atoms with Gasteiger partial charge in [-0.05, 0) is 18.9 Å². The molecule has 6 nitrogen and oxygen atoms in total. The van der Waals surface area contributed by atoms with Crippen LogP contribution in [0.25, 0.3) is 5.65 Å². The van der Waals surface area contributed by atoms with Crippen molar-refractivity contribution in [3.63, 3.8) is 0 Å². The first-order valence-corrected chi connectivity index (χ1v) is 7.68. The van der Waals surface area contributed by atoms with Gasteiger partial charge in [0.25, 0.3) is 0 Å². The Bertz CT molecular complexity index is 863. The molecule has 0 bridgehead atoms. The van der Waals surface area contributed by atoms with Crippen molar-refractivity contribution < 1.29 is 13.5 Å². The van der Waals surface area contributed by atoms with Crippen molar-refractivity contribution in [3.8, 4) is 5.75 Å². The fourth-order valence-electron chi connectivity index (χ4n) is 2.63. The minimum Gasteiger partial charge on any atom is -0.434 e. The molecule has 1 saturated carbocycles. The second-order valence-electron chi connectivity index (χ2n) is 5.64. The third kappa shape index (κ3) is 2.86. The minimum absolute atomic E-state index is 0.145. The fraction of sp³-hybridized carbons (Fsp3) is 0.312. The molecule has 0 spiro atoms. The van der Waals surface area contributed by atoms with Crippen molar-refractivity contribution in [2.45, 2.75) is 31.9 Å². The van der Waals surface area contributed by atoms with E-state index < -0.39 is 6.61 Å². The first-order chi connectivity index (χ1) is 11.7. The summed E-state index contributed by atoms with van der Waals surface area (Å²) in [5, 5.41) is 11.6. The van der Waals surface area contributed by atoms with E-state index in [1.165, 1.54) is 6.07 Å². The van der Waals surface area contributed by atoms with E-state index in [1.54, 1.807) is 24.4 Å². The maximum Gasteiger partial charge on any atom is 0.387 e. The number of alkyl halides is 2. The summed E-state index contributed by atoms with van der Waals surface area (Å²) in [6.45, 7) is -2.56. The molecule has 1 N–H and O–H groups in total. The zero-order valence-electron chi connectivity index (χ0n) is 12.7. The van der Waals surface area contributed by atoms with Gasteiger partial charge in [-0.2, -0.15) is 8.78 Å². The lowest BCUT2D eigenvalue weighted by Gasteiger charge is -2.12. The maximum atomic E-state index is 12.5. The molecule has 2 heterocycles. The SMILES string of the molecule is FC(F)Oc1ccccc1CNc1nccn2c(C3CC3)nnc12. The zero-order valence-corrected chi connectivity index (χ0v) is 12.7. The highest BCUT2D eigenvalue weighted by Crippen LogP contribution is 2.39. The highest BCUT2D eigenvalue weighted by molar-refractivity contribution is 5.62. The molecular weight excluding hydrogens is 316 g/mol. The summed E-state index contributed by atoms with van der Waals surface area (Å²) in [5.41, 5.74) is 1.25. The fourth-order valence-corrected chi connectivity index (χ4v) is 2.63. The Balaban J connectivity index is 1.57. The molecule has 1 aromatic carbocycles. The average molecular weight is 331 g/mol. The van der Waals surface area contributed by atoms with Gasteiger partial charge < -0.3 is 10.1 Å².